The standard InChI is InChI=1S/C15H11BrClFN2/c1-9(11-3-5-14(18)12(16)7-11)20-15-6-10(8-19)2-4-13(15)17/h2-7,9,20H,1H3. The predicted octanol–water partition coefficient (Wildman–Crippen LogP) is 5.29. The van der Waals surface area contributed by atoms with Gasteiger partial charge in [0.2, 0.25) is 0 Å². The van der Waals surface area contributed by atoms with Crippen molar-refractivity contribution in [2.45, 2.75) is 13.0 Å². The molecule has 2 aromatic carbocycles. The molecule has 5 heteroatoms. The average Bonchev–Trinajstić information content (AvgIpc) is 2.44. The Morgan fingerprint density at radius 2 is 2.05 bits per heavy atom. The number of nitriles is 1. The minimum atomic E-state index is -0.300. The number of benzene rings is 2. The van der Waals surface area contributed by atoms with Gasteiger partial charge in [-0.1, -0.05) is 17.7 Å². The fourth-order valence-corrected chi connectivity index (χ4v) is 2.37. The van der Waals surface area contributed by atoms with Gasteiger partial charge in [0.25, 0.3) is 0 Å². The summed E-state index contributed by atoms with van der Waals surface area (Å²) in [7, 11) is 0. The van der Waals surface area contributed by atoms with Gasteiger partial charge in [0.1, 0.15) is 5.82 Å². The lowest BCUT2D eigenvalue weighted by Gasteiger charge is -2.17. The molecule has 2 nitrogen and oxygen atoms in total. The summed E-state index contributed by atoms with van der Waals surface area (Å²) in [5, 5.41) is 12.7. The second-order valence-corrected chi connectivity index (χ2v) is 5.61. The van der Waals surface area contributed by atoms with Gasteiger partial charge in [-0.05, 0) is 58.7 Å². The highest BCUT2D eigenvalue weighted by Gasteiger charge is 2.10. The Labute approximate surface area is 130 Å². The topological polar surface area (TPSA) is 35.8 Å². The van der Waals surface area contributed by atoms with Gasteiger partial charge in [0, 0.05) is 6.04 Å². The maximum atomic E-state index is 13.2. The van der Waals surface area contributed by atoms with E-state index in [0.29, 0.717) is 20.7 Å². The predicted molar refractivity (Wildman–Crippen MR) is 82.3 cm³/mol. The van der Waals surface area contributed by atoms with Gasteiger partial charge in [-0.25, -0.2) is 4.39 Å². The first-order chi connectivity index (χ1) is 9.51. The molecule has 1 unspecified atom stereocenters. The SMILES string of the molecule is CC(Nc1cc(C#N)ccc1Cl)c1ccc(F)c(Br)c1. The first kappa shape index (κ1) is 14.8. The minimum absolute atomic E-state index is 0.0710. The maximum Gasteiger partial charge on any atom is 0.137 e. The number of nitrogens with zero attached hydrogens (tertiary/aromatic N) is 1. The monoisotopic (exact) mass is 352 g/mol. The summed E-state index contributed by atoms with van der Waals surface area (Å²) < 4.78 is 13.6. The van der Waals surface area contributed by atoms with Crippen molar-refractivity contribution in [2.24, 2.45) is 0 Å². The quantitative estimate of drug-likeness (QED) is 0.814. The Morgan fingerprint density at radius 3 is 2.70 bits per heavy atom. The van der Waals surface area contributed by atoms with Crippen molar-refractivity contribution in [2.75, 3.05) is 5.32 Å². The fourth-order valence-electron chi connectivity index (χ4n) is 1.80. The van der Waals surface area contributed by atoms with E-state index < -0.39 is 0 Å². The van der Waals surface area contributed by atoms with E-state index in [2.05, 4.69) is 27.3 Å². The lowest BCUT2D eigenvalue weighted by Crippen LogP contribution is -2.07. The van der Waals surface area contributed by atoms with E-state index in [0.717, 1.165) is 5.56 Å². The van der Waals surface area contributed by atoms with E-state index in [1.165, 1.54) is 6.07 Å². The molecule has 0 saturated carbocycles. The third-order valence-corrected chi connectivity index (χ3v) is 3.85. The first-order valence-corrected chi connectivity index (χ1v) is 7.09. The van der Waals surface area contributed by atoms with Crippen molar-refractivity contribution >= 4 is 33.2 Å². The third kappa shape index (κ3) is 3.30. The van der Waals surface area contributed by atoms with Gasteiger partial charge in [0.15, 0.2) is 0 Å². The molecule has 0 fully saturated rings. The van der Waals surface area contributed by atoms with Crippen molar-refractivity contribution < 1.29 is 4.39 Å². The van der Waals surface area contributed by atoms with Crippen LogP contribution in [0.3, 0.4) is 0 Å². The van der Waals surface area contributed by atoms with Crippen LogP contribution >= 0.6 is 27.5 Å². The van der Waals surface area contributed by atoms with Crippen molar-refractivity contribution in [1.82, 2.24) is 0 Å². The number of hydrogen-bond acceptors (Lipinski definition) is 2. The zero-order chi connectivity index (χ0) is 14.7. The van der Waals surface area contributed by atoms with Gasteiger partial charge in [-0.15, -0.1) is 0 Å². The number of halogens is 3. The van der Waals surface area contributed by atoms with Crippen LogP contribution in [-0.4, -0.2) is 0 Å². The Balaban J connectivity index is 2.25. The van der Waals surface area contributed by atoms with Crippen molar-refractivity contribution in [3.05, 3.63) is 62.8 Å². The van der Waals surface area contributed by atoms with Crippen LogP contribution in [0.5, 0.6) is 0 Å². The smallest absolute Gasteiger partial charge is 0.137 e. The molecule has 1 N–H and O–H groups in total. The van der Waals surface area contributed by atoms with E-state index in [1.807, 2.05) is 6.92 Å². The Hall–Kier alpha value is -1.57. The normalized spacial score (nSPS) is 11.8. The highest BCUT2D eigenvalue weighted by molar-refractivity contribution is 9.10. The van der Waals surface area contributed by atoms with Gasteiger partial charge < -0.3 is 5.32 Å². The van der Waals surface area contributed by atoms with Crippen LogP contribution in [0.15, 0.2) is 40.9 Å². The average molecular weight is 354 g/mol. The van der Waals surface area contributed by atoms with Crippen LogP contribution in [0.4, 0.5) is 10.1 Å². The molecule has 0 heterocycles. The molecule has 0 radical (unpaired) electrons. The summed E-state index contributed by atoms with van der Waals surface area (Å²) in [5.74, 6) is -0.300. The number of anilines is 1. The zero-order valence-corrected chi connectivity index (χ0v) is 13.0. The summed E-state index contributed by atoms with van der Waals surface area (Å²) >= 11 is 9.27. The molecule has 0 aliphatic heterocycles. The van der Waals surface area contributed by atoms with Crippen molar-refractivity contribution in [3.8, 4) is 6.07 Å². The number of hydrogen-bond donors (Lipinski definition) is 1. The summed E-state index contributed by atoms with van der Waals surface area (Å²) in [5.41, 5.74) is 2.12. The van der Waals surface area contributed by atoms with E-state index >= 15 is 0 Å². The summed E-state index contributed by atoms with van der Waals surface area (Å²) in [6.45, 7) is 1.94. The first-order valence-electron chi connectivity index (χ1n) is 5.92. The molecule has 2 aromatic rings. The van der Waals surface area contributed by atoms with Crippen molar-refractivity contribution in [3.63, 3.8) is 0 Å². The molecule has 102 valence electrons. The molecule has 20 heavy (non-hydrogen) atoms. The van der Waals surface area contributed by atoms with E-state index in [4.69, 9.17) is 16.9 Å². The lowest BCUT2D eigenvalue weighted by molar-refractivity contribution is 0.619. The molecule has 0 amide bonds. The Bertz CT molecular complexity index is 682. The van der Waals surface area contributed by atoms with Gasteiger partial charge in [-0.3, -0.25) is 0 Å². The molecule has 0 saturated heterocycles. The molecule has 0 aromatic heterocycles. The van der Waals surface area contributed by atoms with Crippen LogP contribution in [0.25, 0.3) is 0 Å². The Morgan fingerprint density at radius 1 is 1.30 bits per heavy atom. The van der Waals surface area contributed by atoms with E-state index in [1.54, 1.807) is 30.3 Å². The molecule has 0 bridgehead atoms. The highest BCUT2D eigenvalue weighted by Crippen LogP contribution is 2.28. The van der Waals surface area contributed by atoms with Crippen LogP contribution in [-0.2, 0) is 0 Å². The summed E-state index contributed by atoms with van der Waals surface area (Å²) in [6.07, 6.45) is 0. The molecular weight excluding hydrogens is 343 g/mol. The summed E-state index contributed by atoms with van der Waals surface area (Å²) in [4.78, 5) is 0. The highest BCUT2D eigenvalue weighted by atomic mass is 79.9. The molecule has 0 aliphatic carbocycles. The molecule has 0 spiro atoms. The molecule has 1 atom stereocenters. The minimum Gasteiger partial charge on any atom is -0.377 e. The van der Waals surface area contributed by atoms with E-state index in [9.17, 15) is 4.39 Å². The van der Waals surface area contributed by atoms with Gasteiger partial charge in [0.05, 0.1) is 26.8 Å². The summed E-state index contributed by atoms with van der Waals surface area (Å²) in [6, 6.07) is 11.9. The third-order valence-electron chi connectivity index (χ3n) is 2.91. The second kappa shape index (κ2) is 6.25. The molecule has 0 aliphatic rings. The Kier molecular flexibility index (Phi) is 4.64. The second-order valence-electron chi connectivity index (χ2n) is 4.35. The number of rotatable bonds is 3. The number of nitrogens with one attached hydrogen (secondary N) is 1. The van der Waals surface area contributed by atoms with Crippen molar-refractivity contribution in [1.29, 1.82) is 5.26 Å². The molecule has 2 rings (SSSR count). The van der Waals surface area contributed by atoms with Crippen LogP contribution in [0.1, 0.15) is 24.1 Å². The van der Waals surface area contributed by atoms with E-state index in [-0.39, 0.29) is 11.9 Å². The fraction of sp³-hybridized carbons (Fsp3) is 0.133. The molecular formula is C15H11BrClFN2. The van der Waals surface area contributed by atoms with Crippen LogP contribution < -0.4 is 5.32 Å². The maximum absolute atomic E-state index is 13.2. The zero-order valence-electron chi connectivity index (χ0n) is 10.6. The van der Waals surface area contributed by atoms with Crippen LogP contribution in [0, 0.1) is 17.1 Å². The van der Waals surface area contributed by atoms with Gasteiger partial charge >= 0.3 is 0 Å². The largest absolute Gasteiger partial charge is 0.377 e. The van der Waals surface area contributed by atoms with Gasteiger partial charge in [-0.2, -0.15) is 5.26 Å². The lowest BCUT2D eigenvalue weighted by atomic mass is 10.1. The van der Waals surface area contributed by atoms with Crippen LogP contribution in [0.2, 0.25) is 5.02 Å².